The zero-order valence-corrected chi connectivity index (χ0v) is 16.7. The largest absolute Gasteiger partial charge is 0.491 e. The number of nitrogens with one attached hydrogen (secondary N) is 1. The molecule has 2 aromatic rings. The Bertz CT molecular complexity index is 938. The minimum Gasteiger partial charge on any atom is -0.491 e. The molecule has 1 N–H and O–H groups in total. The average molecular weight is 395 g/mol. The van der Waals surface area contributed by atoms with Crippen molar-refractivity contribution in [2.45, 2.75) is 32.1 Å². The molecule has 2 heterocycles. The number of carbonyl (C=O) groups excluding carboxylic acids is 1. The summed E-state index contributed by atoms with van der Waals surface area (Å²) in [6.07, 6.45) is 6.80. The van der Waals surface area contributed by atoms with Crippen molar-refractivity contribution >= 4 is 23.0 Å². The van der Waals surface area contributed by atoms with Crippen LogP contribution in [0.25, 0.3) is 5.57 Å². The third-order valence-electron chi connectivity index (χ3n) is 5.03. The number of carbonyl (C=O) groups is 1. The van der Waals surface area contributed by atoms with E-state index in [1.807, 2.05) is 25.1 Å². The summed E-state index contributed by atoms with van der Waals surface area (Å²) in [5, 5.41) is 3.25. The highest BCUT2D eigenvalue weighted by Crippen LogP contribution is 2.40. The van der Waals surface area contributed by atoms with E-state index in [1.54, 1.807) is 6.20 Å². The molecule has 7 heteroatoms. The number of methoxy groups -OCH3 is 1. The van der Waals surface area contributed by atoms with Crippen molar-refractivity contribution in [3.05, 3.63) is 47.4 Å². The maximum atomic E-state index is 12.3. The first-order valence-electron chi connectivity index (χ1n) is 9.96. The van der Waals surface area contributed by atoms with Crippen LogP contribution < -0.4 is 10.1 Å². The van der Waals surface area contributed by atoms with Gasteiger partial charge in [0, 0.05) is 11.5 Å². The number of rotatable bonds is 7. The van der Waals surface area contributed by atoms with Gasteiger partial charge in [0.2, 0.25) is 0 Å². The van der Waals surface area contributed by atoms with Crippen LogP contribution in [0.15, 0.2) is 30.5 Å². The molecule has 0 saturated heterocycles. The lowest BCUT2D eigenvalue weighted by Gasteiger charge is -2.20. The SMILES string of the molecule is CCOc1c(Nc2ncc(C3CC3)nc2C(=O)OC)cccc1C1=CCOCC1. The fourth-order valence-corrected chi connectivity index (χ4v) is 3.40. The quantitative estimate of drug-likeness (QED) is 0.707. The first-order chi connectivity index (χ1) is 14.2. The van der Waals surface area contributed by atoms with Crippen molar-refractivity contribution in [3.63, 3.8) is 0 Å². The van der Waals surface area contributed by atoms with Gasteiger partial charge in [0.1, 0.15) is 5.75 Å². The van der Waals surface area contributed by atoms with E-state index in [0.717, 1.165) is 42.0 Å². The fourth-order valence-electron chi connectivity index (χ4n) is 3.40. The number of hydrogen-bond donors (Lipinski definition) is 1. The zero-order chi connectivity index (χ0) is 20.2. The normalized spacial score (nSPS) is 16.1. The van der Waals surface area contributed by atoms with Gasteiger partial charge in [-0.1, -0.05) is 18.2 Å². The molecule has 0 radical (unpaired) electrons. The molecule has 1 aromatic carbocycles. The van der Waals surface area contributed by atoms with E-state index in [9.17, 15) is 4.79 Å². The molecular formula is C22H25N3O4. The van der Waals surface area contributed by atoms with Gasteiger partial charge in [0.05, 0.1) is 44.5 Å². The molecule has 0 amide bonds. The summed E-state index contributed by atoms with van der Waals surface area (Å²) >= 11 is 0. The molecule has 7 nitrogen and oxygen atoms in total. The van der Waals surface area contributed by atoms with Crippen LogP contribution in [0.4, 0.5) is 11.5 Å². The van der Waals surface area contributed by atoms with Gasteiger partial charge in [0.25, 0.3) is 0 Å². The van der Waals surface area contributed by atoms with Crippen molar-refractivity contribution in [1.29, 1.82) is 0 Å². The molecule has 152 valence electrons. The number of hydrogen-bond acceptors (Lipinski definition) is 7. The standard InChI is InChI=1S/C22H25N3O4/c1-3-29-20-16(14-9-11-28-12-10-14)5-4-6-17(20)25-21-19(22(26)27-2)24-18(13-23-21)15-7-8-15/h4-6,9,13,15H,3,7-8,10-12H2,1-2H3,(H,23,25). The Kier molecular flexibility index (Phi) is 5.76. The maximum Gasteiger partial charge on any atom is 0.360 e. The summed E-state index contributed by atoms with van der Waals surface area (Å²) in [6, 6.07) is 5.91. The maximum absolute atomic E-state index is 12.3. The van der Waals surface area contributed by atoms with Crippen LogP contribution >= 0.6 is 0 Å². The summed E-state index contributed by atoms with van der Waals surface area (Å²) in [7, 11) is 1.35. The fraction of sp³-hybridized carbons (Fsp3) is 0.409. The van der Waals surface area contributed by atoms with Crippen molar-refractivity contribution in [2.24, 2.45) is 0 Å². The molecular weight excluding hydrogens is 370 g/mol. The Labute approximate surface area is 170 Å². The smallest absolute Gasteiger partial charge is 0.360 e. The average Bonchev–Trinajstić information content (AvgIpc) is 3.61. The molecule has 0 spiro atoms. The Morgan fingerprint density at radius 2 is 2.21 bits per heavy atom. The van der Waals surface area contributed by atoms with Crippen molar-refractivity contribution in [3.8, 4) is 5.75 Å². The Balaban J connectivity index is 1.72. The number of ether oxygens (including phenoxy) is 3. The summed E-state index contributed by atoms with van der Waals surface area (Å²) in [6.45, 7) is 3.75. The highest BCUT2D eigenvalue weighted by molar-refractivity contribution is 5.93. The van der Waals surface area contributed by atoms with E-state index in [-0.39, 0.29) is 5.69 Å². The zero-order valence-electron chi connectivity index (χ0n) is 16.7. The van der Waals surface area contributed by atoms with Crippen LogP contribution in [-0.4, -0.2) is 42.9 Å². The van der Waals surface area contributed by atoms with E-state index in [2.05, 4.69) is 21.4 Å². The molecule has 1 fully saturated rings. The lowest BCUT2D eigenvalue weighted by atomic mass is 9.99. The van der Waals surface area contributed by atoms with Crippen molar-refractivity contribution in [1.82, 2.24) is 9.97 Å². The Hall–Kier alpha value is -2.93. The van der Waals surface area contributed by atoms with Gasteiger partial charge in [-0.2, -0.15) is 0 Å². The van der Waals surface area contributed by atoms with Gasteiger partial charge < -0.3 is 19.5 Å². The molecule has 1 aliphatic carbocycles. The van der Waals surface area contributed by atoms with Crippen LogP contribution in [0.5, 0.6) is 5.75 Å². The highest BCUT2D eigenvalue weighted by atomic mass is 16.5. The van der Waals surface area contributed by atoms with Gasteiger partial charge in [-0.25, -0.2) is 14.8 Å². The molecule has 1 saturated carbocycles. The molecule has 1 aliphatic heterocycles. The van der Waals surface area contributed by atoms with E-state index in [0.29, 0.717) is 31.6 Å². The number of anilines is 2. The van der Waals surface area contributed by atoms with Crippen molar-refractivity contribution < 1.29 is 19.0 Å². The van der Waals surface area contributed by atoms with Crippen LogP contribution in [0.2, 0.25) is 0 Å². The van der Waals surface area contributed by atoms with Gasteiger partial charge in [-0.15, -0.1) is 0 Å². The van der Waals surface area contributed by atoms with Gasteiger partial charge in [-0.3, -0.25) is 0 Å². The summed E-state index contributed by atoms with van der Waals surface area (Å²) in [5.41, 5.74) is 3.96. The second-order valence-corrected chi connectivity index (χ2v) is 7.05. The van der Waals surface area contributed by atoms with Crippen LogP contribution in [-0.2, 0) is 9.47 Å². The van der Waals surface area contributed by atoms with Crippen molar-refractivity contribution in [2.75, 3.05) is 32.2 Å². The Morgan fingerprint density at radius 3 is 2.90 bits per heavy atom. The van der Waals surface area contributed by atoms with E-state index >= 15 is 0 Å². The van der Waals surface area contributed by atoms with Crippen LogP contribution in [0.3, 0.4) is 0 Å². The molecule has 0 bridgehead atoms. The van der Waals surface area contributed by atoms with E-state index in [4.69, 9.17) is 14.2 Å². The first-order valence-corrected chi connectivity index (χ1v) is 9.96. The van der Waals surface area contributed by atoms with Gasteiger partial charge in [0.15, 0.2) is 11.5 Å². The number of esters is 1. The summed E-state index contributed by atoms with van der Waals surface area (Å²) < 4.78 is 16.3. The Morgan fingerprint density at radius 1 is 1.34 bits per heavy atom. The molecule has 0 atom stereocenters. The summed E-state index contributed by atoms with van der Waals surface area (Å²) in [5.74, 6) is 0.971. The minimum atomic E-state index is -0.510. The molecule has 4 rings (SSSR count). The molecule has 0 unspecified atom stereocenters. The summed E-state index contributed by atoms with van der Waals surface area (Å²) in [4.78, 5) is 21.3. The van der Waals surface area contributed by atoms with E-state index in [1.165, 1.54) is 12.7 Å². The van der Waals surface area contributed by atoms with Crippen LogP contribution in [0.1, 0.15) is 53.8 Å². The van der Waals surface area contributed by atoms with Gasteiger partial charge in [-0.05, 0) is 37.8 Å². The molecule has 29 heavy (non-hydrogen) atoms. The topological polar surface area (TPSA) is 82.6 Å². The number of aromatic nitrogens is 2. The molecule has 2 aliphatic rings. The number of para-hydroxylation sites is 1. The lowest BCUT2D eigenvalue weighted by Crippen LogP contribution is -2.12. The van der Waals surface area contributed by atoms with Gasteiger partial charge >= 0.3 is 5.97 Å². The predicted molar refractivity (Wildman–Crippen MR) is 110 cm³/mol. The monoisotopic (exact) mass is 395 g/mol. The third kappa shape index (κ3) is 4.24. The van der Waals surface area contributed by atoms with Crippen LogP contribution in [0, 0.1) is 0 Å². The second kappa shape index (κ2) is 8.61. The number of benzene rings is 1. The highest BCUT2D eigenvalue weighted by Gasteiger charge is 2.28. The minimum absolute atomic E-state index is 0.190. The lowest BCUT2D eigenvalue weighted by molar-refractivity contribution is 0.0594. The third-order valence-corrected chi connectivity index (χ3v) is 5.03. The van der Waals surface area contributed by atoms with E-state index < -0.39 is 5.97 Å². The predicted octanol–water partition coefficient (Wildman–Crippen LogP) is 4.09. The molecule has 1 aromatic heterocycles. The second-order valence-electron chi connectivity index (χ2n) is 7.05. The number of nitrogens with zero attached hydrogens (tertiary/aromatic N) is 2. The first kappa shape index (κ1) is 19.4.